The smallest absolute Gasteiger partial charge is 0.343 e. The van der Waals surface area contributed by atoms with Crippen LogP contribution in [-0.4, -0.2) is 23.7 Å². The molecule has 0 bridgehead atoms. The molecule has 2 nitrogen and oxygen atoms in total. The lowest BCUT2D eigenvalue weighted by atomic mass is 10.1. The van der Waals surface area contributed by atoms with Gasteiger partial charge in [-0.15, -0.1) is 0 Å². The number of hydrogen-bond acceptors (Lipinski definition) is 2. The van der Waals surface area contributed by atoms with Gasteiger partial charge >= 0.3 is 5.97 Å². The van der Waals surface area contributed by atoms with Crippen LogP contribution in [0, 0.1) is 0 Å². The van der Waals surface area contributed by atoms with Crippen molar-refractivity contribution in [3.8, 4) is 5.75 Å². The van der Waals surface area contributed by atoms with Crippen molar-refractivity contribution in [2.75, 3.05) is 17.8 Å². The first-order valence-electron chi connectivity index (χ1n) is 10.1. The topological polar surface area (TPSA) is 26.3 Å². The van der Waals surface area contributed by atoms with Crippen molar-refractivity contribution >= 4 is 37.5 Å². The quantitative estimate of drug-likeness (QED) is 0.279. The fourth-order valence-electron chi connectivity index (χ4n) is 4.40. The van der Waals surface area contributed by atoms with Crippen LogP contribution in [0.1, 0.15) is 23.2 Å². The van der Waals surface area contributed by atoms with E-state index in [2.05, 4.69) is 30.5 Å². The zero-order valence-electron chi connectivity index (χ0n) is 16.6. The Labute approximate surface area is 172 Å². The Bertz CT molecular complexity index is 1220. The third-order valence-corrected chi connectivity index (χ3v) is 9.80. The first-order chi connectivity index (χ1) is 14.1. The number of esters is 1. The maximum atomic E-state index is 12.9. The van der Waals surface area contributed by atoms with E-state index in [4.69, 9.17) is 4.74 Å². The second kappa shape index (κ2) is 7.23. The Balaban J connectivity index is 1.52. The summed E-state index contributed by atoms with van der Waals surface area (Å²) in [4.78, 5) is 14.3. The van der Waals surface area contributed by atoms with Crippen molar-refractivity contribution in [2.45, 2.75) is 17.7 Å². The molecule has 3 heteroatoms. The summed E-state index contributed by atoms with van der Waals surface area (Å²) < 4.78 is 5.88. The van der Waals surface area contributed by atoms with Crippen LogP contribution in [-0.2, 0) is 0 Å². The summed E-state index contributed by atoms with van der Waals surface area (Å²) in [6.45, 7) is 0. The second-order valence-corrected chi connectivity index (χ2v) is 11.8. The summed E-state index contributed by atoms with van der Waals surface area (Å²) in [7, 11) is -0.771. The predicted molar refractivity (Wildman–Crippen MR) is 124 cm³/mol. The minimum atomic E-state index is -0.771. The van der Waals surface area contributed by atoms with E-state index >= 15 is 0 Å². The second-order valence-electron chi connectivity index (χ2n) is 7.95. The van der Waals surface area contributed by atoms with E-state index < -0.39 is 10.0 Å². The van der Waals surface area contributed by atoms with Crippen molar-refractivity contribution in [3.63, 3.8) is 0 Å². The fraction of sp³-hybridized carbons (Fsp3) is 0.192. The van der Waals surface area contributed by atoms with Gasteiger partial charge in [0.2, 0.25) is 0 Å². The average molecular weight is 401 g/mol. The molecule has 0 spiro atoms. The van der Waals surface area contributed by atoms with Gasteiger partial charge in [-0.05, 0) is 75.9 Å². The number of ether oxygens (including phenoxy) is 1. The summed E-state index contributed by atoms with van der Waals surface area (Å²) in [6.07, 6.45) is 5.08. The summed E-state index contributed by atoms with van der Waals surface area (Å²) in [5.74, 6) is 2.93. The van der Waals surface area contributed by atoms with Crippen LogP contribution in [0.3, 0.4) is 0 Å². The molecule has 0 saturated carbocycles. The molecule has 1 fully saturated rings. The van der Waals surface area contributed by atoms with E-state index in [0.717, 1.165) is 16.2 Å². The normalized spacial score (nSPS) is 16.7. The minimum absolute atomic E-state index is 0.312. The van der Waals surface area contributed by atoms with E-state index in [0.29, 0.717) is 11.3 Å². The fourth-order valence-corrected chi connectivity index (χ4v) is 7.83. The molecule has 29 heavy (non-hydrogen) atoms. The van der Waals surface area contributed by atoms with Crippen molar-refractivity contribution in [2.24, 2.45) is 0 Å². The van der Waals surface area contributed by atoms with Crippen LogP contribution in [0.25, 0.3) is 21.5 Å². The molecular weight excluding hydrogens is 376 g/mol. The Morgan fingerprint density at radius 2 is 1.48 bits per heavy atom. The predicted octanol–water partition coefficient (Wildman–Crippen LogP) is 6.80. The number of hydrogen-bond donors (Lipinski definition) is 0. The summed E-state index contributed by atoms with van der Waals surface area (Å²) in [6, 6.07) is 26.3. The molecule has 0 N–H and O–H groups in total. The lowest BCUT2D eigenvalue weighted by molar-refractivity contribution is 0.0737. The molecule has 1 saturated heterocycles. The van der Waals surface area contributed by atoms with Gasteiger partial charge in [-0.2, -0.15) is 0 Å². The Kier molecular flexibility index (Phi) is 4.56. The van der Waals surface area contributed by atoms with Gasteiger partial charge < -0.3 is 4.74 Å². The van der Waals surface area contributed by atoms with Crippen molar-refractivity contribution in [3.05, 3.63) is 84.4 Å². The highest BCUT2D eigenvalue weighted by Crippen LogP contribution is 2.59. The van der Waals surface area contributed by atoms with E-state index in [1.165, 1.54) is 34.6 Å². The van der Waals surface area contributed by atoms with Crippen LogP contribution < -0.4 is 4.74 Å². The maximum Gasteiger partial charge on any atom is 0.343 e. The highest BCUT2D eigenvalue weighted by Gasteiger charge is 2.27. The van der Waals surface area contributed by atoms with Crippen molar-refractivity contribution in [1.82, 2.24) is 0 Å². The zero-order chi connectivity index (χ0) is 19.8. The third kappa shape index (κ3) is 3.30. The van der Waals surface area contributed by atoms with Gasteiger partial charge in [-0.25, -0.2) is 14.8 Å². The van der Waals surface area contributed by atoms with Crippen LogP contribution in [0.4, 0.5) is 0 Å². The summed E-state index contributed by atoms with van der Waals surface area (Å²) >= 11 is 0. The molecule has 146 valence electrons. The zero-order valence-corrected chi connectivity index (χ0v) is 17.4. The highest BCUT2D eigenvalue weighted by molar-refractivity contribution is 8.33. The number of carbonyl (C=O) groups excluding carboxylic acids is 1. The molecule has 0 aliphatic carbocycles. The van der Waals surface area contributed by atoms with Gasteiger partial charge in [0.05, 0.1) is 5.56 Å². The molecule has 0 radical (unpaired) electrons. The molecule has 1 heterocycles. The number of rotatable bonds is 3. The number of carbonyl (C=O) groups is 1. The first kappa shape index (κ1) is 18.3. The van der Waals surface area contributed by atoms with Gasteiger partial charge in [-0.3, -0.25) is 0 Å². The van der Waals surface area contributed by atoms with Crippen molar-refractivity contribution < 1.29 is 9.53 Å². The number of fused-ring (bicyclic) bond motifs is 2. The first-order valence-corrected chi connectivity index (χ1v) is 12.5. The molecule has 1 aliphatic rings. The molecule has 0 unspecified atom stereocenters. The van der Waals surface area contributed by atoms with Crippen LogP contribution in [0.15, 0.2) is 83.8 Å². The standard InChI is InChI=1S/C26H24O2S/c1-29(16-6-7-17-29)25-15-14-24(22-10-4-5-11-23(22)25)28-26(27)21-13-12-19-8-2-3-9-20(19)18-21/h2-5,8-15,18H,6-7,16-17H2,1H3. The molecule has 5 rings (SSSR count). The molecule has 0 aromatic heterocycles. The van der Waals surface area contributed by atoms with Crippen LogP contribution >= 0.6 is 10.0 Å². The summed E-state index contributed by atoms with van der Waals surface area (Å²) in [5, 5.41) is 4.42. The van der Waals surface area contributed by atoms with Gasteiger partial charge in [0, 0.05) is 5.39 Å². The van der Waals surface area contributed by atoms with Crippen molar-refractivity contribution in [1.29, 1.82) is 0 Å². The van der Waals surface area contributed by atoms with Gasteiger partial charge in [0.25, 0.3) is 0 Å². The highest BCUT2D eigenvalue weighted by atomic mass is 32.3. The average Bonchev–Trinajstić information content (AvgIpc) is 3.21. The lowest BCUT2D eigenvalue weighted by Crippen LogP contribution is -2.09. The van der Waals surface area contributed by atoms with Gasteiger partial charge in [-0.1, -0.05) is 54.6 Å². The van der Waals surface area contributed by atoms with E-state index in [1.54, 1.807) is 0 Å². The molecule has 0 atom stereocenters. The molecule has 0 amide bonds. The largest absolute Gasteiger partial charge is 0.422 e. The lowest BCUT2D eigenvalue weighted by Gasteiger charge is -2.32. The van der Waals surface area contributed by atoms with Gasteiger partial charge in [0.15, 0.2) is 0 Å². The van der Waals surface area contributed by atoms with Crippen LogP contribution in [0.2, 0.25) is 0 Å². The van der Waals surface area contributed by atoms with E-state index in [1.807, 2.05) is 54.6 Å². The third-order valence-electron chi connectivity index (χ3n) is 6.00. The Morgan fingerprint density at radius 3 is 2.28 bits per heavy atom. The Hall–Kier alpha value is -2.78. The van der Waals surface area contributed by atoms with Crippen LogP contribution in [0.5, 0.6) is 5.75 Å². The number of benzene rings is 4. The van der Waals surface area contributed by atoms with E-state index in [-0.39, 0.29) is 5.97 Å². The molecule has 4 aromatic rings. The van der Waals surface area contributed by atoms with Gasteiger partial charge in [0.1, 0.15) is 5.75 Å². The molecular formula is C26H24O2S. The minimum Gasteiger partial charge on any atom is -0.422 e. The van der Waals surface area contributed by atoms with E-state index in [9.17, 15) is 4.79 Å². The SMILES string of the molecule is CS1(c2ccc(OC(=O)c3ccc4ccccc4c3)c3ccccc23)CCCC1. The molecule has 1 aliphatic heterocycles. The molecule has 4 aromatic carbocycles. The Morgan fingerprint density at radius 1 is 0.793 bits per heavy atom. The monoisotopic (exact) mass is 400 g/mol. The maximum absolute atomic E-state index is 12.9. The summed E-state index contributed by atoms with van der Waals surface area (Å²) in [5.41, 5.74) is 0.574.